The summed E-state index contributed by atoms with van der Waals surface area (Å²) in [5.74, 6) is 0.0168. The van der Waals surface area contributed by atoms with E-state index in [9.17, 15) is 9.59 Å². The number of pyridine rings is 1. The van der Waals surface area contributed by atoms with Crippen molar-refractivity contribution in [3.05, 3.63) is 40.4 Å². The Morgan fingerprint density at radius 3 is 2.86 bits per heavy atom. The van der Waals surface area contributed by atoms with E-state index in [4.69, 9.17) is 5.73 Å². The molecule has 3 rings (SSSR count). The first-order valence-electron chi connectivity index (χ1n) is 6.89. The van der Waals surface area contributed by atoms with E-state index in [-0.39, 0.29) is 29.6 Å². The van der Waals surface area contributed by atoms with Crippen molar-refractivity contribution in [2.75, 3.05) is 16.0 Å². The summed E-state index contributed by atoms with van der Waals surface area (Å²) in [5, 5.41) is 3.11. The lowest BCUT2D eigenvalue weighted by molar-refractivity contribution is 0.0974. The van der Waals surface area contributed by atoms with E-state index < -0.39 is 5.56 Å². The van der Waals surface area contributed by atoms with Gasteiger partial charge in [-0.2, -0.15) is 4.98 Å². The monoisotopic (exact) mass is 300 g/mol. The van der Waals surface area contributed by atoms with Gasteiger partial charge >= 0.3 is 0 Å². The van der Waals surface area contributed by atoms with E-state index in [1.807, 2.05) is 13.8 Å². The van der Waals surface area contributed by atoms with E-state index in [0.717, 1.165) is 0 Å². The molecule has 0 saturated heterocycles. The molecule has 1 aliphatic heterocycles. The highest BCUT2D eigenvalue weighted by atomic mass is 16.2. The van der Waals surface area contributed by atoms with Crippen molar-refractivity contribution in [3.63, 3.8) is 0 Å². The van der Waals surface area contributed by atoms with Gasteiger partial charge in [-0.15, -0.1) is 0 Å². The number of carbonyl (C=O) groups is 1. The standard InChI is InChI=1S/C14H16N6O2/c1-7-8(2)20(13(22)9-4-3-5-16-6-9)10-11(17-7)18-14(15)19-12(10)21/h3-8H,1-2H3,(H4,15,17,18,19,21)/t7-,8+/m0/s1. The van der Waals surface area contributed by atoms with E-state index in [0.29, 0.717) is 11.4 Å². The van der Waals surface area contributed by atoms with Crippen LogP contribution >= 0.6 is 0 Å². The zero-order chi connectivity index (χ0) is 15.9. The highest BCUT2D eigenvalue weighted by Crippen LogP contribution is 2.30. The molecule has 8 nitrogen and oxygen atoms in total. The number of hydrogen-bond donors (Lipinski definition) is 3. The van der Waals surface area contributed by atoms with Gasteiger partial charge in [-0.25, -0.2) is 0 Å². The molecule has 4 N–H and O–H groups in total. The zero-order valence-electron chi connectivity index (χ0n) is 12.2. The molecule has 0 aliphatic carbocycles. The Morgan fingerprint density at radius 2 is 2.18 bits per heavy atom. The highest BCUT2D eigenvalue weighted by Gasteiger charge is 2.36. The summed E-state index contributed by atoms with van der Waals surface area (Å²) < 4.78 is 0. The molecule has 0 radical (unpaired) electrons. The number of aromatic nitrogens is 3. The van der Waals surface area contributed by atoms with Gasteiger partial charge < -0.3 is 11.1 Å². The fourth-order valence-electron chi connectivity index (χ4n) is 2.49. The highest BCUT2D eigenvalue weighted by molar-refractivity contribution is 6.08. The Hall–Kier alpha value is -2.90. The maximum atomic E-state index is 12.8. The molecule has 2 aromatic heterocycles. The van der Waals surface area contributed by atoms with Crippen molar-refractivity contribution in [3.8, 4) is 0 Å². The zero-order valence-corrected chi connectivity index (χ0v) is 12.2. The second kappa shape index (κ2) is 5.14. The fourth-order valence-corrected chi connectivity index (χ4v) is 2.49. The summed E-state index contributed by atoms with van der Waals surface area (Å²) >= 11 is 0. The Bertz CT molecular complexity index is 773. The number of anilines is 3. The first-order chi connectivity index (χ1) is 10.5. The lowest BCUT2D eigenvalue weighted by atomic mass is 10.0. The first-order valence-corrected chi connectivity index (χ1v) is 6.89. The largest absolute Gasteiger partial charge is 0.369 e. The fraction of sp³-hybridized carbons (Fsp3) is 0.286. The third-order valence-corrected chi connectivity index (χ3v) is 3.78. The molecule has 8 heteroatoms. The van der Waals surface area contributed by atoms with Gasteiger partial charge in [0.05, 0.1) is 11.6 Å². The lowest BCUT2D eigenvalue weighted by Crippen LogP contribution is -2.53. The van der Waals surface area contributed by atoms with Gasteiger partial charge in [0.15, 0.2) is 11.5 Å². The number of nitrogens with zero attached hydrogens (tertiary/aromatic N) is 3. The van der Waals surface area contributed by atoms with Gasteiger partial charge in [-0.1, -0.05) is 0 Å². The minimum Gasteiger partial charge on any atom is -0.369 e. The van der Waals surface area contributed by atoms with Crippen LogP contribution in [0.2, 0.25) is 0 Å². The van der Waals surface area contributed by atoms with Crippen LogP contribution in [0.4, 0.5) is 17.5 Å². The van der Waals surface area contributed by atoms with Crippen LogP contribution in [-0.2, 0) is 0 Å². The molecule has 1 aliphatic rings. The van der Waals surface area contributed by atoms with Crippen molar-refractivity contribution in [1.82, 2.24) is 15.0 Å². The first kappa shape index (κ1) is 14.1. The van der Waals surface area contributed by atoms with Crippen LogP contribution < -0.4 is 21.5 Å². The van der Waals surface area contributed by atoms with Gasteiger partial charge in [0.25, 0.3) is 11.5 Å². The van der Waals surface area contributed by atoms with E-state index in [2.05, 4.69) is 20.3 Å². The minimum atomic E-state index is -0.453. The summed E-state index contributed by atoms with van der Waals surface area (Å²) in [4.78, 5) is 37.0. The molecule has 2 aromatic rings. The number of amides is 1. The van der Waals surface area contributed by atoms with Crippen LogP contribution in [-0.4, -0.2) is 32.9 Å². The van der Waals surface area contributed by atoms with Crippen LogP contribution in [0.3, 0.4) is 0 Å². The number of nitrogen functional groups attached to an aromatic ring is 1. The second-order valence-corrected chi connectivity index (χ2v) is 5.24. The summed E-state index contributed by atoms with van der Waals surface area (Å²) in [7, 11) is 0. The molecule has 1 amide bonds. The normalized spacial score (nSPS) is 20.2. The maximum Gasteiger partial charge on any atom is 0.278 e. The number of rotatable bonds is 1. The molecular weight excluding hydrogens is 284 g/mol. The third-order valence-electron chi connectivity index (χ3n) is 3.78. The average molecular weight is 300 g/mol. The summed E-state index contributed by atoms with van der Waals surface area (Å²) in [6.07, 6.45) is 3.06. The van der Waals surface area contributed by atoms with Gasteiger partial charge in [0.2, 0.25) is 5.95 Å². The smallest absolute Gasteiger partial charge is 0.278 e. The molecule has 0 spiro atoms. The van der Waals surface area contributed by atoms with Gasteiger partial charge in [0, 0.05) is 18.4 Å². The molecule has 0 fully saturated rings. The quantitative estimate of drug-likeness (QED) is 0.710. The van der Waals surface area contributed by atoms with E-state index >= 15 is 0 Å². The van der Waals surface area contributed by atoms with Gasteiger partial charge in [-0.3, -0.25) is 24.5 Å². The number of aromatic amines is 1. The van der Waals surface area contributed by atoms with Crippen LogP contribution in [0.15, 0.2) is 29.3 Å². The molecule has 114 valence electrons. The van der Waals surface area contributed by atoms with Gasteiger partial charge in [0.1, 0.15) is 0 Å². The van der Waals surface area contributed by atoms with Crippen molar-refractivity contribution in [2.45, 2.75) is 25.9 Å². The predicted octanol–water partition coefficient (Wildman–Crippen LogP) is 0.596. The number of carbonyl (C=O) groups excluding carboxylic acids is 1. The predicted molar refractivity (Wildman–Crippen MR) is 82.9 cm³/mol. The second-order valence-electron chi connectivity index (χ2n) is 5.24. The topological polar surface area (TPSA) is 117 Å². The van der Waals surface area contributed by atoms with Crippen molar-refractivity contribution < 1.29 is 4.79 Å². The van der Waals surface area contributed by atoms with Crippen LogP contribution in [0.25, 0.3) is 0 Å². The lowest BCUT2D eigenvalue weighted by Gasteiger charge is -2.38. The third kappa shape index (κ3) is 2.18. The molecule has 3 heterocycles. The van der Waals surface area contributed by atoms with Gasteiger partial charge in [-0.05, 0) is 26.0 Å². The van der Waals surface area contributed by atoms with Crippen molar-refractivity contribution >= 4 is 23.4 Å². The molecule has 22 heavy (non-hydrogen) atoms. The molecule has 0 saturated carbocycles. The summed E-state index contributed by atoms with van der Waals surface area (Å²) in [5.41, 5.74) is 5.71. The Labute approximate surface area is 126 Å². The number of fused-ring (bicyclic) bond motifs is 1. The SMILES string of the molecule is C[C@@H]1Nc2nc(N)[nH]c(=O)c2N(C(=O)c2cccnc2)[C@@H]1C. The Kier molecular flexibility index (Phi) is 3.28. The van der Waals surface area contributed by atoms with Crippen LogP contribution in [0.5, 0.6) is 0 Å². The molecule has 0 aromatic carbocycles. The number of nitrogens with two attached hydrogens (primary N) is 1. The molecular formula is C14H16N6O2. The van der Waals surface area contributed by atoms with Crippen molar-refractivity contribution in [1.29, 1.82) is 0 Å². The number of hydrogen-bond acceptors (Lipinski definition) is 6. The Morgan fingerprint density at radius 1 is 1.41 bits per heavy atom. The molecule has 0 bridgehead atoms. The minimum absolute atomic E-state index is 0.00628. The summed E-state index contributed by atoms with van der Waals surface area (Å²) in [6.45, 7) is 3.78. The van der Waals surface area contributed by atoms with E-state index in [1.165, 1.54) is 11.1 Å². The number of nitrogens with one attached hydrogen (secondary N) is 2. The summed E-state index contributed by atoms with van der Waals surface area (Å²) in [6, 6.07) is 3.03. The van der Waals surface area contributed by atoms with E-state index in [1.54, 1.807) is 18.3 Å². The number of H-pyrrole nitrogens is 1. The van der Waals surface area contributed by atoms with Crippen molar-refractivity contribution in [2.24, 2.45) is 0 Å². The Balaban J connectivity index is 2.15. The van der Waals surface area contributed by atoms with Crippen LogP contribution in [0.1, 0.15) is 24.2 Å². The maximum absolute atomic E-state index is 12.8. The average Bonchev–Trinajstić information content (AvgIpc) is 2.49. The molecule has 2 atom stereocenters. The molecule has 0 unspecified atom stereocenters. The van der Waals surface area contributed by atoms with Crippen LogP contribution in [0, 0.1) is 0 Å².